The SMILES string of the molecule is CC(=O)Nc1ccc(NC(=O)c2cccc(N(C)C)c2)c(C(F)(F)F)c1. The maximum atomic E-state index is 13.3. The summed E-state index contributed by atoms with van der Waals surface area (Å²) in [6.45, 7) is 1.20. The quantitative estimate of drug-likeness (QED) is 0.862. The zero-order chi connectivity index (χ0) is 19.5. The van der Waals surface area contributed by atoms with Crippen LogP contribution in [0, 0.1) is 0 Å². The molecule has 0 heterocycles. The summed E-state index contributed by atoms with van der Waals surface area (Å²) in [5, 5.41) is 4.58. The average molecular weight is 365 g/mol. The Labute approximate surface area is 148 Å². The van der Waals surface area contributed by atoms with Crippen LogP contribution in [0.3, 0.4) is 0 Å². The molecule has 2 amide bonds. The summed E-state index contributed by atoms with van der Waals surface area (Å²) in [5.74, 6) is -1.15. The number of rotatable bonds is 4. The fourth-order valence-electron chi connectivity index (χ4n) is 2.29. The van der Waals surface area contributed by atoms with Gasteiger partial charge in [-0.1, -0.05) is 6.07 Å². The van der Waals surface area contributed by atoms with Crippen LogP contribution in [0.5, 0.6) is 0 Å². The molecule has 8 heteroatoms. The Kier molecular flexibility index (Phi) is 5.54. The van der Waals surface area contributed by atoms with Gasteiger partial charge in [0.25, 0.3) is 5.91 Å². The van der Waals surface area contributed by atoms with E-state index in [9.17, 15) is 22.8 Å². The number of anilines is 3. The van der Waals surface area contributed by atoms with Crippen molar-refractivity contribution in [2.75, 3.05) is 29.6 Å². The minimum atomic E-state index is -4.69. The van der Waals surface area contributed by atoms with E-state index >= 15 is 0 Å². The maximum absolute atomic E-state index is 13.3. The second-order valence-corrected chi connectivity index (χ2v) is 5.84. The lowest BCUT2D eigenvalue weighted by Crippen LogP contribution is -2.18. The number of nitrogens with one attached hydrogen (secondary N) is 2. The van der Waals surface area contributed by atoms with Gasteiger partial charge in [0, 0.05) is 38.0 Å². The van der Waals surface area contributed by atoms with E-state index in [-0.39, 0.29) is 16.9 Å². The van der Waals surface area contributed by atoms with Gasteiger partial charge in [0.2, 0.25) is 5.91 Å². The van der Waals surface area contributed by atoms with Crippen LogP contribution >= 0.6 is 0 Å². The predicted molar refractivity (Wildman–Crippen MR) is 94.5 cm³/mol. The second kappa shape index (κ2) is 7.47. The molecule has 26 heavy (non-hydrogen) atoms. The van der Waals surface area contributed by atoms with Gasteiger partial charge in [0.1, 0.15) is 0 Å². The molecule has 0 atom stereocenters. The molecular formula is C18H18F3N3O2. The van der Waals surface area contributed by atoms with Gasteiger partial charge in [0.15, 0.2) is 0 Å². The minimum Gasteiger partial charge on any atom is -0.378 e. The summed E-state index contributed by atoms with van der Waals surface area (Å²) in [6.07, 6.45) is -4.69. The molecular weight excluding hydrogens is 347 g/mol. The number of hydrogen-bond acceptors (Lipinski definition) is 3. The summed E-state index contributed by atoms with van der Waals surface area (Å²) < 4.78 is 40.0. The monoisotopic (exact) mass is 365 g/mol. The fourth-order valence-corrected chi connectivity index (χ4v) is 2.29. The standard InChI is InChI=1S/C18H18F3N3O2/c1-11(25)22-13-7-8-16(15(10-13)18(19,20)21)23-17(26)12-5-4-6-14(9-12)24(2)3/h4-10H,1-3H3,(H,22,25)(H,23,26). The lowest BCUT2D eigenvalue weighted by atomic mass is 10.1. The van der Waals surface area contributed by atoms with Crippen LogP contribution in [-0.4, -0.2) is 25.9 Å². The van der Waals surface area contributed by atoms with Crippen LogP contribution in [-0.2, 0) is 11.0 Å². The van der Waals surface area contributed by atoms with Gasteiger partial charge < -0.3 is 15.5 Å². The third-order valence-corrected chi connectivity index (χ3v) is 3.52. The normalized spacial score (nSPS) is 11.0. The summed E-state index contributed by atoms with van der Waals surface area (Å²) >= 11 is 0. The van der Waals surface area contributed by atoms with Crippen molar-refractivity contribution in [3.63, 3.8) is 0 Å². The fraction of sp³-hybridized carbons (Fsp3) is 0.222. The molecule has 0 radical (unpaired) electrons. The van der Waals surface area contributed by atoms with Gasteiger partial charge in [0.05, 0.1) is 11.3 Å². The number of carbonyl (C=O) groups is 2. The van der Waals surface area contributed by atoms with Crippen molar-refractivity contribution in [1.82, 2.24) is 0 Å². The lowest BCUT2D eigenvalue weighted by molar-refractivity contribution is -0.137. The number of nitrogens with zero attached hydrogens (tertiary/aromatic N) is 1. The first-order valence-electron chi connectivity index (χ1n) is 7.65. The van der Waals surface area contributed by atoms with Gasteiger partial charge in [-0.25, -0.2) is 0 Å². The van der Waals surface area contributed by atoms with Crippen molar-refractivity contribution >= 4 is 28.9 Å². The number of halogens is 3. The number of alkyl halides is 3. The molecule has 0 aromatic heterocycles. The van der Waals surface area contributed by atoms with Crippen LogP contribution in [0.25, 0.3) is 0 Å². The molecule has 2 aromatic carbocycles. The number of carbonyl (C=O) groups excluding carboxylic acids is 2. The van der Waals surface area contributed by atoms with Crippen molar-refractivity contribution in [3.8, 4) is 0 Å². The van der Waals surface area contributed by atoms with Crippen molar-refractivity contribution < 1.29 is 22.8 Å². The van der Waals surface area contributed by atoms with Gasteiger partial charge >= 0.3 is 6.18 Å². The second-order valence-electron chi connectivity index (χ2n) is 5.84. The first kappa shape index (κ1) is 19.3. The van der Waals surface area contributed by atoms with E-state index in [1.165, 1.54) is 19.1 Å². The smallest absolute Gasteiger partial charge is 0.378 e. The Hall–Kier alpha value is -3.03. The molecule has 0 bridgehead atoms. The number of benzene rings is 2. The first-order valence-corrected chi connectivity index (χ1v) is 7.65. The van der Waals surface area contributed by atoms with Crippen LogP contribution in [0.15, 0.2) is 42.5 Å². The average Bonchev–Trinajstić information content (AvgIpc) is 2.54. The van der Waals surface area contributed by atoms with Gasteiger partial charge in [-0.2, -0.15) is 13.2 Å². The number of hydrogen-bond donors (Lipinski definition) is 2. The molecule has 2 rings (SSSR count). The molecule has 0 unspecified atom stereocenters. The largest absolute Gasteiger partial charge is 0.418 e. The molecule has 5 nitrogen and oxygen atoms in total. The van der Waals surface area contributed by atoms with E-state index in [0.29, 0.717) is 0 Å². The molecule has 0 saturated heterocycles. The van der Waals surface area contributed by atoms with E-state index < -0.39 is 23.6 Å². The number of amides is 2. The van der Waals surface area contributed by atoms with Crippen molar-refractivity contribution in [3.05, 3.63) is 53.6 Å². The molecule has 138 valence electrons. The topological polar surface area (TPSA) is 61.4 Å². The summed E-state index contributed by atoms with van der Waals surface area (Å²) in [5.41, 5.74) is -0.449. The summed E-state index contributed by atoms with van der Waals surface area (Å²) in [6, 6.07) is 9.71. The summed E-state index contributed by atoms with van der Waals surface area (Å²) in [7, 11) is 3.58. The van der Waals surface area contributed by atoms with Crippen molar-refractivity contribution in [2.24, 2.45) is 0 Å². The highest BCUT2D eigenvalue weighted by Gasteiger charge is 2.34. The van der Waals surface area contributed by atoms with E-state index in [2.05, 4.69) is 10.6 Å². The Bertz CT molecular complexity index is 833. The highest BCUT2D eigenvalue weighted by atomic mass is 19.4. The molecule has 0 aliphatic rings. The molecule has 0 aliphatic heterocycles. The Morgan fingerprint density at radius 3 is 2.27 bits per heavy atom. The van der Waals surface area contributed by atoms with Crippen LogP contribution in [0.2, 0.25) is 0 Å². The lowest BCUT2D eigenvalue weighted by Gasteiger charge is -2.16. The molecule has 2 N–H and O–H groups in total. The van der Waals surface area contributed by atoms with Crippen molar-refractivity contribution in [1.29, 1.82) is 0 Å². The summed E-state index contributed by atoms with van der Waals surface area (Å²) in [4.78, 5) is 25.2. The zero-order valence-corrected chi connectivity index (χ0v) is 14.4. The zero-order valence-electron chi connectivity index (χ0n) is 14.4. The Morgan fingerprint density at radius 2 is 1.69 bits per heavy atom. The predicted octanol–water partition coefficient (Wildman–Crippen LogP) is 3.98. The van der Waals surface area contributed by atoms with Gasteiger partial charge in [-0.15, -0.1) is 0 Å². The Balaban J connectivity index is 2.34. The van der Waals surface area contributed by atoms with Gasteiger partial charge in [-0.05, 0) is 36.4 Å². The molecule has 0 fully saturated rings. The molecule has 0 spiro atoms. The maximum Gasteiger partial charge on any atom is 0.418 e. The molecule has 2 aromatic rings. The molecule has 0 saturated carbocycles. The minimum absolute atomic E-state index is 0.00238. The van der Waals surface area contributed by atoms with E-state index in [1.54, 1.807) is 37.2 Å². The highest BCUT2D eigenvalue weighted by molar-refractivity contribution is 6.05. The van der Waals surface area contributed by atoms with Crippen LogP contribution in [0.4, 0.5) is 30.2 Å². The molecule has 0 aliphatic carbocycles. The Morgan fingerprint density at radius 1 is 1.00 bits per heavy atom. The van der Waals surface area contributed by atoms with Crippen LogP contribution in [0.1, 0.15) is 22.8 Å². The van der Waals surface area contributed by atoms with E-state index in [0.717, 1.165) is 17.8 Å². The van der Waals surface area contributed by atoms with Crippen molar-refractivity contribution in [2.45, 2.75) is 13.1 Å². The third kappa shape index (κ3) is 4.75. The third-order valence-electron chi connectivity index (χ3n) is 3.52. The highest BCUT2D eigenvalue weighted by Crippen LogP contribution is 2.36. The van der Waals surface area contributed by atoms with E-state index in [1.807, 2.05) is 0 Å². The van der Waals surface area contributed by atoms with Gasteiger partial charge in [-0.3, -0.25) is 9.59 Å². The van der Waals surface area contributed by atoms with E-state index in [4.69, 9.17) is 0 Å². The van der Waals surface area contributed by atoms with Crippen LogP contribution < -0.4 is 15.5 Å². The first-order chi connectivity index (χ1) is 12.1.